The Morgan fingerprint density at radius 2 is 1.86 bits per heavy atom. The number of halogens is 3. The van der Waals surface area contributed by atoms with E-state index < -0.39 is 48.6 Å². The summed E-state index contributed by atoms with van der Waals surface area (Å²) in [4.78, 5) is 25.1. The van der Waals surface area contributed by atoms with Crippen LogP contribution in [0.4, 0.5) is 18.0 Å². The zero-order valence-corrected chi connectivity index (χ0v) is 12.8. The number of hydrogen-bond acceptors (Lipinski definition) is 4. The van der Waals surface area contributed by atoms with E-state index in [2.05, 4.69) is 0 Å². The highest BCUT2D eigenvalue weighted by Gasteiger charge is 2.37. The van der Waals surface area contributed by atoms with Gasteiger partial charge in [-0.15, -0.1) is 0 Å². The van der Waals surface area contributed by atoms with Gasteiger partial charge < -0.3 is 9.47 Å². The molecule has 0 aromatic rings. The van der Waals surface area contributed by atoms with Gasteiger partial charge in [-0.3, -0.25) is 4.90 Å². The molecule has 1 heterocycles. The summed E-state index contributed by atoms with van der Waals surface area (Å²) in [5.41, 5.74) is -0.694. The molecule has 0 N–H and O–H groups in total. The summed E-state index contributed by atoms with van der Waals surface area (Å²) >= 11 is 0. The number of rotatable bonds is 4. The van der Waals surface area contributed by atoms with Gasteiger partial charge in [0, 0.05) is 13.0 Å². The van der Waals surface area contributed by atoms with E-state index in [1.165, 1.54) is 4.90 Å². The zero-order valence-electron chi connectivity index (χ0n) is 12.8. The molecule has 0 aromatic heterocycles. The van der Waals surface area contributed by atoms with Crippen LogP contribution in [-0.2, 0) is 14.3 Å². The lowest BCUT2D eigenvalue weighted by Crippen LogP contribution is -2.44. The summed E-state index contributed by atoms with van der Waals surface area (Å²) in [6.45, 7) is 4.96. The van der Waals surface area contributed by atoms with E-state index in [4.69, 9.17) is 9.47 Å². The van der Waals surface area contributed by atoms with Crippen molar-refractivity contribution in [1.29, 1.82) is 0 Å². The second kappa shape index (κ2) is 7.51. The van der Waals surface area contributed by atoms with Gasteiger partial charge in [0.15, 0.2) is 5.83 Å². The van der Waals surface area contributed by atoms with E-state index in [1.807, 2.05) is 0 Å². The first-order chi connectivity index (χ1) is 10.1. The van der Waals surface area contributed by atoms with Crippen LogP contribution >= 0.6 is 0 Å². The van der Waals surface area contributed by atoms with E-state index in [-0.39, 0.29) is 0 Å². The molecule has 1 aliphatic rings. The maximum Gasteiger partial charge on any atom is 0.411 e. The minimum atomic E-state index is -2.42. The molecule has 0 unspecified atom stereocenters. The summed E-state index contributed by atoms with van der Waals surface area (Å²) in [5, 5.41) is 0. The van der Waals surface area contributed by atoms with Gasteiger partial charge in [0.2, 0.25) is 0 Å². The number of likely N-dealkylation sites (tertiary alicyclic amines) is 1. The number of carbonyl (C=O) groups excluding carboxylic acids is 2. The average molecular weight is 323 g/mol. The molecule has 0 spiro atoms. The summed E-state index contributed by atoms with van der Waals surface area (Å²) < 4.78 is 46.3. The fourth-order valence-corrected chi connectivity index (χ4v) is 1.98. The molecule has 1 amide bonds. The molecule has 1 rings (SSSR count). The highest BCUT2D eigenvalue weighted by Crippen LogP contribution is 2.22. The minimum Gasteiger partial charge on any atom is -0.464 e. The lowest BCUT2D eigenvalue weighted by atomic mass is 10.2. The maximum absolute atomic E-state index is 12.6. The molecule has 8 heteroatoms. The quantitative estimate of drug-likeness (QED) is 0.744. The molecule has 1 atom stereocenters. The van der Waals surface area contributed by atoms with E-state index in [1.54, 1.807) is 20.8 Å². The second-order valence-electron chi connectivity index (χ2n) is 5.91. The van der Waals surface area contributed by atoms with Crippen molar-refractivity contribution < 1.29 is 32.2 Å². The molecule has 1 fully saturated rings. The zero-order chi connectivity index (χ0) is 16.9. The standard InChI is InChI=1S/C14H20F3NO4/c1-14(2,3)22-13(20)18-7-4-5-10(18)12(19)21-8-6-9(15)11(16)17/h10H,4-8H2,1-3H3/t10-/m0/s1. The maximum atomic E-state index is 12.6. The third-order valence-electron chi connectivity index (χ3n) is 2.92. The van der Waals surface area contributed by atoms with Crippen LogP contribution in [0, 0.1) is 0 Å². The molecule has 5 nitrogen and oxygen atoms in total. The van der Waals surface area contributed by atoms with Crippen LogP contribution in [0.1, 0.15) is 40.0 Å². The third-order valence-corrected chi connectivity index (χ3v) is 2.92. The van der Waals surface area contributed by atoms with Crippen LogP contribution in [0.2, 0.25) is 0 Å². The van der Waals surface area contributed by atoms with Crippen LogP contribution in [0.3, 0.4) is 0 Å². The molecule has 22 heavy (non-hydrogen) atoms. The van der Waals surface area contributed by atoms with Crippen molar-refractivity contribution in [2.75, 3.05) is 13.2 Å². The summed E-state index contributed by atoms with van der Waals surface area (Å²) in [6, 6.07) is -0.822. The molecule has 1 aliphatic heterocycles. The number of hydrogen-bond donors (Lipinski definition) is 0. The number of ether oxygens (including phenoxy) is 2. The average Bonchev–Trinajstić information content (AvgIpc) is 2.85. The van der Waals surface area contributed by atoms with E-state index in [0.29, 0.717) is 19.4 Å². The van der Waals surface area contributed by atoms with Gasteiger partial charge >= 0.3 is 18.1 Å². The first-order valence-corrected chi connectivity index (χ1v) is 6.97. The predicted octanol–water partition coefficient (Wildman–Crippen LogP) is 3.40. The predicted molar refractivity (Wildman–Crippen MR) is 71.9 cm³/mol. The summed E-state index contributed by atoms with van der Waals surface area (Å²) in [7, 11) is 0. The normalized spacial score (nSPS) is 18.1. The van der Waals surface area contributed by atoms with E-state index >= 15 is 0 Å². The van der Waals surface area contributed by atoms with Gasteiger partial charge in [-0.05, 0) is 33.6 Å². The first-order valence-electron chi connectivity index (χ1n) is 6.97. The Kier molecular flexibility index (Phi) is 6.25. The molecule has 1 saturated heterocycles. The summed E-state index contributed by atoms with van der Waals surface area (Å²) in [5.74, 6) is -2.35. The molecule has 0 bridgehead atoms. The molecule has 0 aromatic carbocycles. The van der Waals surface area contributed by atoms with Crippen LogP contribution in [0.25, 0.3) is 0 Å². The molecule has 0 aliphatic carbocycles. The summed E-state index contributed by atoms with van der Waals surface area (Å²) in [6.07, 6.45) is -2.74. The van der Waals surface area contributed by atoms with Gasteiger partial charge in [0.25, 0.3) is 0 Å². The fourth-order valence-electron chi connectivity index (χ4n) is 1.98. The first kappa shape index (κ1) is 18.3. The highest BCUT2D eigenvalue weighted by molar-refractivity contribution is 5.82. The minimum absolute atomic E-state index is 0.349. The van der Waals surface area contributed by atoms with Crippen molar-refractivity contribution in [3.63, 3.8) is 0 Å². The van der Waals surface area contributed by atoms with Crippen molar-refractivity contribution in [3.05, 3.63) is 11.9 Å². The van der Waals surface area contributed by atoms with Crippen LogP contribution in [0.15, 0.2) is 11.9 Å². The van der Waals surface area contributed by atoms with Gasteiger partial charge in [-0.1, -0.05) is 0 Å². The lowest BCUT2D eigenvalue weighted by molar-refractivity contribution is -0.148. The third kappa shape index (κ3) is 5.57. The van der Waals surface area contributed by atoms with Crippen molar-refractivity contribution in [2.24, 2.45) is 0 Å². The number of esters is 1. The topological polar surface area (TPSA) is 55.8 Å². The van der Waals surface area contributed by atoms with Crippen molar-refractivity contribution in [2.45, 2.75) is 51.7 Å². The van der Waals surface area contributed by atoms with Crippen molar-refractivity contribution in [1.82, 2.24) is 4.90 Å². The monoisotopic (exact) mass is 323 g/mol. The van der Waals surface area contributed by atoms with Gasteiger partial charge in [-0.25, -0.2) is 14.0 Å². The van der Waals surface area contributed by atoms with Crippen LogP contribution < -0.4 is 0 Å². The van der Waals surface area contributed by atoms with Gasteiger partial charge in [0.1, 0.15) is 11.6 Å². The SMILES string of the molecule is CC(C)(C)OC(=O)N1CCC[C@H]1C(=O)OCCC(F)=C(F)F. The lowest BCUT2D eigenvalue weighted by Gasteiger charge is -2.27. The Bertz CT molecular complexity index is 455. The Morgan fingerprint density at radius 3 is 2.41 bits per heavy atom. The van der Waals surface area contributed by atoms with Crippen molar-refractivity contribution in [3.8, 4) is 0 Å². The Morgan fingerprint density at radius 1 is 1.23 bits per heavy atom. The fraction of sp³-hybridized carbons (Fsp3) is 0.714. The Balaban J connectivity index is 2.53. The number of amides is 1. The largest absolute Gasteiger partial charge is 0.464 e. The molecule has 126 valence electrons. The molecule has 0 saturated carbocycles. The second-order valence-corrected chi connectivity index (χ2v) is 5.91. The Labute approximate surface area is 127 Å². The van der Waals surface area contributed by atoms with Gasteiger partial charge in [0.05, 0.1) is 6.61 Å². The smallest absolute Gasteiger partial charge is 0.411 e. The Hall–Kier alpha value is -1.73. The van der Waals surface area contributed by atoms with Gasteiger partial charge in [-0.2, -0.15) is 8.78 Å². The van der Waals surface area contributed by atoms with Crippen LogP contribution in [0.5, 0.6) is 0 Å². The molecular weight excluding hydrogens is 303 g/mol. The van der Waals surface area contributed by atoms with E-state index in [9.17, 15) is 22.8 Å². The van der Waals surface area contributed by atoms with E-state index in [0.717, 1.165) is 0 Å². The molecular formula is C14H20F3NO4. The number of nitrogens with zero attached hydrogens (tertiary/aromatic N) is 1. The van der Waals surface area contributed by atoms with Crippen LogP contribution in [-0.4, -0.2) is 41.8 Å². The highest BCUT2D eigenvalue weighted by atomic mass is 19.3. The van der Waals surface area contributed by atoms with Crippen molar-refractivity contribution >= 4 is 12.1 Å². The molecule has 0 radical (unpaired) electrons. The number of carbonyl (C=O) groups is 2.